The Morgan fingerprint density at radius 2 is 1.81 bits per heavy atom. The predicted octanol–water partition coefficient (Wildman–Crippen LogP) is 6.79. The van der Waals surface area contributed by atoms with E-state index in [1.54, 1.807) is 18.4 Å². The third kappa shape index (κ3) is 7.35. The van der Waals surface area contributed by atoms with E-state index < -0.39 is 0 Å². The van der Waals surface area contributed by atoms with Crippen LogP contribution in [-0.4, -0.2) is 56.2 Å². The maximum absolute atomic E-state index is 12.9. The summed E-state index contributed by atoms with van der Waals surface area (Å²) in [6.45, 7) is 4.91. The number of nitrogens with one attached hydrogen (secondary N) is 2. The molecular weight excluding hydrogens is 610 g/mol. The molecule has 3 aromatic carbocycles. The maximum Gasteiger partial charge on any atom is 0.225 e. The molecule has 0 bridgehead atoms. The zero-order valence-corrected chi connectivity index (χ0v) is 26.4. The lowest BCUT2D eigenvalue weighted by Gasteiger charge is -2.32. The van der Waals surface area contributed by atoms with Crippen LogP contribution in [0.2, 0.25) is 0 Å². The molecule has 8 heteroatoms. The first-order chi connectivity index (χ1) is 20.5. The van der Waals surface area contributed by atoms with E-state index in [0.717, 1.165) is 90.4 Å². The van der Waals surface area contributed by atoms with E-state index in [9.17, 15) is 4.79 Å². The van der Waals surface area contributed by atoms with Crippen molar-refractivity contribution >= 4 is 43.3 Å². The van der Waals surface area contributed by atoms with Crippen molar-refractivity contribution in [1.29, 1.82) is 0 Å². The number of carbonyl (C=O) groups is 1. The van der Waals surface area contributed by atoms with E-state index in [0.29, 0.717) is 12.5 Å². The van der Waals surface area contributed by atoms with Gasteiger partial charge in [-0.2, -0.15) is 0 Å². The summed E-state index contributed by atoms with van der Waals surface area (Å²) in [6.07, 6.45) is 4.76. The van der Waals surface area contributed by atoms with Crippen molar-refractivity contribution in [1.82, 2.24) is 15.5 Å². The zero-order chi connectivity index (χ0) is 28.9. The molecule has 0 aliphatic carbocycles. The number of thiophene rings is 1. The van der Waals surface area contributed by atoms with Gasteiger partial charge in [0.1, 0.15) is 17.6 Å². The fourth-order valence-corrected chi connectivity index (χ4v) is 7.54. The van der Waals surface area contributed by atoms with Crippen LogP contribution >= 0.6 is 27.3 Å². The maximum atomic E-state index is 12.9. The second-order valence-corrected chi connectivity index (χ2v) is 13.3. The van der Waals surface area contributed by atoms with Crippen LogP contribution in [0.5, 0.6) is 11.5 Å². The predicted molar refractivity (Wildman–Crippen MR) is 175 cm³/mol. The molecule has 2 aliphatic rings. The Hall–Kier alpha value is -2.91. The third-order valence-electron chi connectivity index (χ3n) is 8.24. The van der Waals surface area contributed by atoms with E-state index >= 15 is 0 Å². The van der Waals surface area contributed by atoms with Crippen LogP contribution in [0.1, 0.15) is 36.1 Å². The SMILES string of the molecule is COc1cccc(-c2ccc3cc(CC(=O)NC4CCN(Cc5ccc(OC6CCNCC6)c(Br)c5)CC4)sc3c2)c1. The minimum Gasteiger partial charge on any atom is -0.497 e. The summed E-state index contributed by atoms with van der Waals surface area (Å²) in [6, 6.07) is 23.5. The Labute approximate surface area is 260 Å². The summed E-state index contributed by atoms with van der Waals surface area (Å²) >= 11 is 5.43. The summed E-state index contributed by atoms with van der Waals surface area (Å²) in [4.78, 5) is 16.5. The Bertz CT molecular complexity index is 1530. The normalized spacial score (nSPS) is 16.9. The minimum absolute atomic E-state index is 0.112. The first-order valence-corrected chi connectivity index (χ1v) is 16.5. The number of hydrogen-bond acceptors (Lipinski definition) is 6. The van der Waals surface area contributed by atoms with E-state index in [4.69, 9.17) is 9.47 Å². The molecule has 0 spiro atoms. The molecule has 0 unspecified atom stereocenters. The topological polar surface area (TPSA) is 62.8 Å². The van der Waals surface area contributed by atoms with Gasteiger partial charge in [0.2, 0.25) is 5.91 Å². The Morgan fingerprint density at radius 1 is 1.00 bits per heavy atom. The van der Waals surface area contributed by atoms with Gasteiger partial charge in [0.25, 0.3) is 0 Å². The number of piperidine rings is 2. The molecule has 0 atom stereocenters. The Morgan fingerprint density at radius 3 is 2.60 bits per heavy atom. The minimum atomic E-state index is 0.112. The van der Waals surface area contributed by atoms with Crippen molar-refractivity contribution in [3.05, 3.63) is 81.6 Å². The highest BCUT2D eigenvalue weighted by Crippen LogP contribution is 2.32. The molecule has 2 N–H and O–H groups in total. The second kappa shape index (κ2) is 13.6. The van der Waals surface area contributed by atoms with Crippen molar-refractivity contribution in [3.8, 4) is 22.6 Å². The van der Waals surface area contributed by atoms with Crippen molar-refractivity contribution in [2.24, 2.45) is 0 Å². The summed E-state index contributed by atoms with van der Waals surface area (Å²) in [5.41, 5.74) is 3.56. The summed E-state index contributed by atoms with van der Waals surface area (Å²) < 4.78 is 13.8. The lowest BCUT2D eigenvalue weighted by Crippen LogP contribution is -2.44. The van der Waals surface area contributed by atoms with Crippen LogP contribution in [-0.2, 0) is 17.8 Å². The number of methoxy groups -OCH3 is 1. The number of carbonyl (C=O) groups excluding carboxylic acids is 1. The van der Waals surface area contributed by atoms with Crippen LogP contribution in [0.15, 0.2) is 71.2 Å². The number of ether oxygens (including phenoxy) is 2. The van der Waals surface area contributed by atoms with Crippen molar-refractivity contribution in [3.63, 3.8) is 0 Å². The van der Waals surface area contributed by atoms with E-state index in [1.807, 2.05) is 12.1 Å². The average molecular weight is 649 g/mol. The molecule has 220 valence electrons. The highest BCUT2D eigenvalue weighted by molar-refractivity contribution is 9.10. The summed E-state index contributed by atoms with van der Waals surface area (Å²) in [7, 11) is 1.69. The fraction of sp³-hybridized carbons (Fsp3) is 0.382. The van der Waals surface area contributed by atoms with Crippen LogP contribution < -0.4 is 20.1 Å². The van der Waals surface area contributed by atoms with Gasteiger partial charge >= 0.3 is 0 Å². The molecule has 2 aliphatic heterocycles. The van der Waals surface area contributed by atoms with E-state index in [1.165, 1.54) is 15.6 Å². The molecule has 42 heavy (non-hydrogen) atoms. The molecule has 2 fully saturated rings. The molecule has 0 radical (unpaired) electrons. The summed E-state index contributed by atoms with van der Waals surface area (Å²) in [5.74, 6) is 1.89. The van der Waals surface area contributed by atoms with Crippen LogP contribution in [0.3, 0.4) is 0 Å². The highest BCUT2D eigenvalue weighted by Gasteiger charge is 2.22. The quantitative estimate of drug-likeness (QED) is 0.209. The third-order valence-corrected chi connectivity index (χ3v) is 9.96. The van der Waals surface area contributed by atoms with Gasteiger partial charge in [-0.1, -0.05) is 30.3 Å². The van der Waals surface area contributed by atoms with Gasteiger partial charge in [-0.25, -0.2) is 0 Å². The molecule has 3 heterocycles. The molecule has 0 saturated carbocycles. The summed E-state index contributed by atoms with van der Waals surface area (Å²) in [5, 5.41) is 7.87. The van der Waals surface area contributed by atoms with Gasteiger partial charge in [0, 0.05) is 35.3 Å². The number of hydrogen-bond donors (Lipinski definition) is 2. The lowest BCUT2D eigenvalue weighted by atomic mass is 10.0. The molecule has 1 aromatic heterocycles. The first-order valence-electron chi connectivity index (χ1n) is 14.9. The molecule has 1 amide bonds. The van der Waals surface area contributed by atoms with Crippen LogP contribution in [0.4, 0.5) is 0 Å². The van der Waals surface area contributed by atoms with Gasteiger partial charge in [0.15, 0.2) is 0 Å². The molecule has 2 saturated heterocycles. The van der Waals surface area contributed by atoms with Crippen LogP contribution in [0.25, 0.3) is 21.2 Å². The Balaban J connectivity index is 0.977. The molecule has 4 aromatic rings. The number of nitrogens with zero attached hydrogens (tertiary/aromatic N) is 1. The smallest absolute Gasteiger partial charge is 0.225 e. The number of benzene rings is 3. The number of likely N-dealkylation sites (tertiary alicyclic amines) is 1. The van der Waals surface area contributed by atoms with Gasteiger partial charge in [-0.05, 0) is 113 Å². The number of amides is 1. The van der Waals surface area contributed by atoms with E-state index in [-0.39, 0.29) is 11.9 Å². The van der Waals surface area contributed by atoms with Gasteiger partial charge in [-0.3, -0.25) is 9.69 Å². The zero-order valence-electron chi connectivity index (χ0n) is 24.0. The molecule has 6 nitrogen and oxygen atoms in total. The molecule has 6 rings (SSSR count). The molecular formula is C34H38BrN3O3S. The lowest BCUT2D eigenvalue weighted by molar-refractivity contribution is -0.121. The van der Waals surface area contributed by atoms with Gasteiger partial charge in [-0.15, -0.1) is 11.3 Å². The number of rotatable bonds is 9. The number of halogens is 1. The van der Waals surface area contributed by atoms with Gasteiger partial charge < -0.3 is 20.1 Å². The van der Waals surface area contributed by atoms with Crippen molar-refractivity contribution in [2.45, 2.75) is 50.8 Å². The van der Waals surface area contributed by atoms with E-state index in [2.05, 4.69) is 86.1 Å². The number of fused-ring (bicyclic) bond motifs is 1. The monoisotopic (exact) mass is 647 g/mol. The van der Waals surface area contributed by atoms with Gasteiger partial charge in [0.05, 0.1) is 18.0 Å². The van der Waals surface area contributed by atoms with Crippen molar-refractivity contribution in [2.75, 3.05) is 33.3 Å². The van der Waals surface area contributed by atoms with Crippen LogP contribution in [0, 0.1) is 0 Å². The fourth-order valence-electron chi connectivity index (χ4n) is 5.92. The Kier molecular flexibility index (Phi) is 9.44. The standard InChI is InChI=1S/C34H38BrN3O3S/c1-40-29-4-2-3-24(18-29)25-6-7-26-19-30(42-33(26)20-25)21-34(39)37-27-11-15-38(16-12-27)22-23-5-8-32(31(35)17-23)41-28-9-13-36-14-10-28/h2-8,17-20,27-28,36H,9-16,21-22H2,1H3,(H,37,39). The highest BCUT2D eigenvalue weighted by atomic mass is 79.9. The second-order valence-electron chi connectivity index (χ2n) is 11.3. The average Bonchev–Trinajstić information content (AvgIpc) is 3.41. The first kappa shape index (κ1) is 29.2. The largest absolute Gasteiger partial charge is 0.497 e. The van der Waals surface area contributed by atoms with Crippen molar-refractivity contribution < 1.29 is 14.3 Å².